The molecule has 2 heterocycles. The first-order valence-electron chi connectivity index (χ1n) is 6.76. The number of carbonyl (C=O) groups is 3. The summed E-state index contributed by atoms with van der Waals surface area (Å²) in [6.07, 6.45) is 0. The molecule has 0 aromatic rings. The maximum Gasteiger partial charge on any atom is 0.355 e. The first-order valence-corrected chi connectivity index (χ1v) is 9.54. The molecule has 12 heteroatoms. The summed E-state index contributed by atoms with van der Waals surface area (Å²) in [4.78, 5) is 37.1. The van der Waals surface area contributed by atoms with Crippen LogP contribution in [-0.4, -0.2) is 49.1 Å². The summed E-state index contributed by atoms with van der Waals surface area (Å²) in [6, 6.07) is -1.03. The van der Waals surface area contributed by atoms with Crippen LogP contribution in [0.1, 0.15) is 13.8 Å². The van der Waals surface area contributed by atoms with Gasteiger partial charge in [-0.25, -0.2) is 4.79 Å². The number of alkyl halides is 3. The quantitative estimate of drug-likeness (QED) is 0.306. The molecule has 1 fully saturated rings. The van der Waals surface area contributed by atoms with E-state index in [2.05, 4.69) is 5.32 Å². The standard InChI is InChI=1S/C13H12Cl4N2O5S/c1-5-7(3-14)25(23)11-8(18-6(2)20)10(21)19(11)9(5)12(22)24-4-13(15,16)17/h3,8,11H,4H2,1-2H3,(H,18,20)/t8?,11-,25?/m0/s1. The lowest BCUT2D eigenvalue weighted by Gasteiger charge is -2.49. The van der Waals surface area contributed by atoms with Crippen LogP contribution in [0.4, 0.5) is 0 Å². The fourth-order valence-corrected chi connectivity index (χ4v) is 4.61. The Hall–Kier alpha value is -0.640. The maximum atomic E-state index is 12.6. The molecule has 7 nitrogen and oxygen atoms in total. The van der Waals surface area contributed by atoms with Gasteiger partial charge in [-0.2, -0.15) is 0 Å². The highest BCUT2D eigenvalue weighted by Crippen LogP contribution is 2.42. The molecular weight excluding hydrogens is 438 g/mol. The van der Waals surface area contributed by atoms with Crippen LogP contribution in [0.15, 0.2) is 21.7 Å². The molecule has 138 valence electrons. The molecule has 2 rings (SSSR count). The molecule has 0 bridgehead atoms. The minimum atomic E-state index is -1.83. The maximum absolute atomic E-state index is 12.6. The van der Waals surface area contributed by atoms with E-state index >= 15 is 0 Å². The lowest BCUT2D eigenvalue weighted by atomic mass is 10.0. The molecule has 1 N–H and O–H groups in total. The highest BCUT2D eigenvalue weighted by atomic mass is 35.6. The van der Waals surface area contributed by atoms with Crippen molar-refractivity contribution in [3.8, 4) is 0 Å². The highest BCUT2D eigenvalue weighted by molar-refractivity contribution is 7.96. The van der Waals surface area contributed by atoms with Gasteiger partial charge in [0.15, 0.2) is 10.9 Å². The van der Waals surface area contributed by atoms with Crippen LogP contribution in [0.3, 0.4) is 0 Å². The number of hydrogen-bond acceptors (Lipinski definition) is 5. The average Bonchev–Trinajstić information content (AvgIpc) is 2.49. The molecule has 0 aliphatic carbocycles. The summed E-state index contributed by atoms with van der Waals surface area (Å²) in [7, 11) is 0. The minimum Gasteiger partial charge on any atom is -0.610 e. The van der Waals surface area contributed by atoms with E-state index in [1.807, 2.05) is 0 Å². The Morgan fingerprint density at radius 2 is 2.04 bits per heavy atom. The Morgan fingerprint density at radius 1 is 1.44 bits per heavy atom. The van der Waals surface area contributed by atoms with Crippen LogP contribution in [-0.2, 0) is 30.3 Å². The van der Waals surface area contributed by atoms with Gasteiger partial charge in [0.25, 0.3) is 5.91 Å². The number of ether oxygens (including phenoxy) is 1. The zero-order valence-corrected chi connectivity index (χ0v) is 16.7. The van der Waals surface area contributed by atoms with Gasteiger partial charge in [-0.15, -0.1) is 0 Å². The molecule has 0 saturated carbocycles. The number of β-lactam (4-membered cyclic amide) rings is 1. The number of nitrogens with one attached hydrogen (secondary N) is 1. The number of allylic oxidation sites excluding steroid dienone is 1. The highest BCUT2D eigenvalue weighted by Gasteiger charge is 2.62. The normalized spacial score (nSPS) is 27.8. The lowest BCUT2D eigenvalue weighted by molar-refractivity contribution is -0.153. The number of rotatable bonds is 3. The summed E-state index contributed by atoms with van der Waals surface area (Å²) in [5.74, 6) is -2.00. The Kier molecular flexibility index (Phi) is 6.23. The fourth-order valence-electron chi connectivity index (χ4n) is 2.44. The van der Waals surface area contributed by atoms with E-state index in [0.29, 0.717) is 0 Å². The van der Waals surface area contributed by atoms with Gasteiger partial charge in [0, 0.05) is 23.7 Å². The number of halogens is 4. The monoisotopic (exact) mass is 448 g/mol. The Morgan fingerprint density at radius 3 is 2.52 bits per heavy atom. The first-order chi connectivity index (χ1) is 11.5. The van der Waals surface area contributed by atoms with Crippen LogP contribution in [0.25, 0.3) is 0 Å². The summed E-state index contributed by atoms with van der Waals surface area (Å²) < 4.78 is 15.7. The van der Waals surface area contributed by atoms with Crippen LogP contribution in [0, 0.1) is 0 Å². The number of esters is 1. The van der Waals surface area contributed by atoms with Gasteiger partial charge in [0.1, 0.15) is 12.3 Å². The van der Waals surface area contributed by atoms with Gasteiger partial charge in [0.05, 0.1) is 5.54 Å². The first kappa shape index (κ1) is 20.7. The SMILES string of the molecule is CC(=O)NC1C(=O)N2C(C(=O)OCC(Cl)(Cl)Cl)=C(C)C(=CCl)[S+]([O-])[C@@H]12. The van der Waals surface area contributed by atoms with Crippen molar-refractivity contribution in [1.29, 1.82) is 0 Å². The van der Waals surface area contributed by atoms with Crippen LogP contribution in [0.2, 0.25) is 0 Å². The number of amides is 2. The van der Waals surface area contributed by atoms with E-state index < -0.39 is 50.8 Å². The predicted molar refractivity (Wildman–Crippen MR) is 94.3 cm³/mol. The van der Waals surface area contributed by atoms with Crippen LogP contribution < -0.4 is 5.32 Å². The molecule has 2 aliphatic heterocycles. The van der Waals surface area contributed by atoms with E-state index in [1.54, 1.807) is 0 Å². The van der Waals surface area contributed by atoms with Gasteiger partial charge < -0.3 is 14.6 Å². The van der Waals surface area contributed by atoms with Crippen LogP contribution >= 0.6 is 46.4 Å². The topological polar surface area (TPSA) is 98.8 Å². The van der Waals surface area contributed by atoms with Crippen molar-refractivity contribution < 1.29 is 23.7 Å². The summed E-state index contributed by atoms with van der Waals surface area (Å²) in [5, 5.41) is 1.43. The third-order valence-corrected chi connectivity index (χ3v) is 5.92. The predicted octanol–water partition coefficient (Wildman–Crippen LogP) is 1.69. The summed E-state index contributed by atoms with van der Waals surface area (Å²) >= 11 is 20.6. The second kappa shape index (κ2) is 7.54. The van der Waals surface area contributed by atoms with Crippen molar-refractivity contribution in [3.05, 3.63) is 21.7 Å². The van der Waals surface area contributed by atoms with Gasteiger partial charge in [-0.05, 0) is 6.92 Å². The number of carbonyl (C=O) groups excluding carboxylic acids is 3. The molecule has 0 radical (unpaired) electrons. The van der Waals surface area contributed by atoms with Crippen molar-refractivity contribution in [2.75, 3.05) is 6.61 Å². The fraction of sp³-hybridized carbons (Fsp3) is 0.462. The van der Waals surface area contributed by atoms with Gasteiger partial charge in [0.2, 0.25) is 15.1 Å². The number of nitrogens with zero attached hydrogens (tertiary/aromatic N) is 1. The second-order valence-corrected chi connectivity index (χ2v) is 9.46. The summed E-state index contributed by atoms with van der Waals surface area (Å²) in [5.41, 5.74) is 1.10. The largest absolute Gasteiger partial charge is 0.610 e. The third kappa shape index (κ3) is 4.04. The van der Waals surface area contributed by atoms with E-state index in [-0.39, 0.29) is 16.2 Å². The molecule has 2 unspecified atom stereocenters. The summed E-state index contributed by atoms with van der Waals surface area (Å²) in [6.45, 7) is 2.14. The smallest absolute Gasteiger partial charge is 0.355 e. The van der Waals surface area contributed by atoms with E-state index in [4.69, 9.17) is 51.1 Å². The molecule has 3 atom stereocenters. The molecule has 0 spiro atoms. The molecule has 0 aromatic heterocycles. The van der Waals surface area contributed by atoms with Crippen molar-refractivity contribution in [3.63, 3.8) is 0 Å². The lowest BCUT2D eigenvalue weighted by Crippen LogP contribution is -2.74. The molecule has 25 heavy (non-hydrogen) atoms. The van der Waals surface area contributed by atoms with Gasteiger partial charge >= 0.3 is 5.97 Å². The van der Waals surface area contributed by atoms with Gasteiger partial charge in [-0.1, -0.05) is 46.4 Å². The minimum absolute atomic E-state index is 0.145. The Labute approximate surface area is 166 Å². The van der Waals surface area contributed by atoms with Crippen molar-refractivity contribution in [1.82, 2.24) is 10.2 Å². The molecule has 0 aromatic carbocycles. The van der Waals surface area contributed by atoms with Crippen LogP contribution in [0.5, 0.6) is 0 Å². The molecular formula is C13H12Cl4N2O5S. The van der Waals surface area contributed by atoms with Gasteiger partial charge in [-0.3, -0.25) is 14.5 Å². The molecule has 1 saturated heterocycles. The molecule has 2 aliphatic rings. The third-order valence-electron chi connectivity index (χ3n) is 3.46. The Balaban J connectivity index is 2.37. The Bertz CT molecular complexity index is 690. The number of fused-ring (bicyclic) bond motifs is 1. The average molecular weight is 450 g/mol. The van der Waals surface area contributed by atoms with E-state index in [1.165, 1.54) is 13.8 Å². The number of hydrogen-bond donors (Lipinski definition) is 1. The van der Waals surface area contributed by atoms with Crippen molar-refractivity contribution in [2.45, 2.75) is 29.1 Å². The second-order valence-electron chi connectivity index (χ2n) is 5.21. The zero-order chi connectivity index (χ0) is 19.1. The van der Waals surface area contributed by atoms with Crippen molar-refractivity contribution >= 4 is 75.4 Å². The van der Waals surface area contributed by atoms with E-state index in [9.17, 15) is 18.9 Å². The zero-order valence-electron chi connectivity index (χ0n) is 12.8. The van der Waals surface area contributed by atoms with E-state index in [0.717, 1.165) is 10.4 Å². The van der Waals surface area contributed by atoms with Crippen molar-refractivity contribution in [2.24, 2.45) is 0 Å². The molecule has 2 amide bonds.